The Morgan fingerprint density at radius 2 is 1.67 bits per heavy atom. The summed E-state index contributed by atoms with van der Waals surface area (Å²) in [6.07, 6.45) is 3.21. The number of pyridine rings is 1. The maximum absolute atomic E-state index is 10.1. The number of hydrogen-bond donors (Lipinski definition) is 2. The Bertz CT molecular complexity index is 1030. The van der Waals surface area contributed by atoms with Crippen LogP contribution < -0.4 is 5.36 Å². The molecule has 0 amide bonds. The molecule has 0 aliphatic rings. The van der Waals surface area contributed by atoms with Gasteiger partial charge in [0.2, 0.25) is 0 Å². The molecule has 0 saturated heterocycles. The van der Waals surface area contributed by atoms with Gasteiger partial charge in [-0.1, -0.05) is 30.3 Å². The molecule has 102 valence electrons. The van der Waals surface area contributed by atoms with Crippen molar-refractivity contribution in [2.24, 2.45) is 0 Å². The first-order valence-corrected chi connectivity index (χ1v) is 6.56. The molecule has 21 heavy (non-hydrogen) atoms. The Morgan fingerprint density at radius 3 is 2.52 bits per heavy atom. The van der Waals surface area contributed by atoms with Gasteiger partial charge in [0, 0.05) is 5.39 Å². The van der Waals surface area contributed by atoms with Crippen molar-refractivity contribution in [1.82, 2.24) is 14.3 Å². The van der Waals surface area contributed by atoms with Crippen molar-refractivity contribution < 1.29 is 5.21 Å². The quantitative estimate of drug-likeness (QED) is 0.525. The van der Waals surface area contributed by atoms with Gasteiger partial charge in [-0.15, -0.1) is 0 Å². The SMILES string of the molecule is N=c1c(-n2cnc3ccccc32)cn(O)c2ccccc12. The summed E-state index contributed by atoms with van der Waals surface area (Å²) in [6, 6.07) is 15.0. The minimum atomic E-state index is 0.360. The molecule has 2 aromatic carbocycles. The van der Waals surface area contributed by atoms with E-state index >= 15 is 0 Å². The number of imidazole rings is 1. The van der Waals surface area contributed by atoms with Gasteiger partial charge in [0.1, 0.15) is 6.33 Å². The zero-order valence-corrected chi connectivity index (χ0v) is 11.1. The lowest BCUT2D eigenvalue weighted by molar-refractivity contribution is 0.198. The summed E-state index contributed by atoms with van der Waals surface area (Å²) in [5, 5.41) is 19.6. The van der Waals surface area contributed by atoms with E-state index in [-0.39, 0.29) is 0 Å². The summed E-state index contributed by atoms with van der Waals surface area (Å²) >= 11 is 0. The predicted octanol–water partition coefficient (Wildman–Crippen LogP) is 2.70. The van der Waals surface area contributed by atoms with Crippen LogP contribution in [0, 0.1) is 5.41 Å². The summed E-state index contributed by atoms with van der Waals surface area (Å²) in [5.41, 5.74) is 2.96. The highest BCUT2D eigenvalue weighted by Gasteiger charge is 2.10. The number of hydrogen-bond acceptors (Lipinski definition) is 3. The first kappa shape index (κ1) is 11.7. The smallest absolute Gasteiger partial charge is 0.101 e. The van der Waals surface area contributed by atoms with E-state index in [1.807, 2.05) is 47.0 Å². The maximum Gasteiger partial charge on any atom is 0.101 e. The van der Waals surface area contributed by atoms with Crippen LogP contribution in [-0.4, -0.2) is 19.5 Å². The van der Waals surface area contributed by atoms with E-state index in [1.54, 1.807) is 18.6 Å². The molecule has 4 rings (SSSR count). The van der Waals surface area contributed by atoms with Crippen molar-refractivity contribution in [3.05, 3.63) is 66.4 Å². The van der Waals surface area contributed by atoms with Crippen molar-refractivity contribution in [2.45, 2.75) is 0 Å². The maximum atomic E-state index is 10.1. The molecule has 4 aromatic rings. The molecular formula is C16H12N4O. The van der Waals surface area contributed by atoms with Crippen LogP contribution in [0.25, 0.3) is 27.6 Å². The third-order valence-electron chi connectivity index (χ3n) is 3.63. The van der Waals surface area contributed by atoms with Crippen LogP contribution in [0.1, 0.15) is 0 Å². The lowest BCUT2D eigenvalue weighted by Crippen LogP contribution is -2.15. The third-order valence-corrected chi connectivity index (χ3v) is 3.63. The zero-order valence-electron chi connectivity index (χ0n) is 11.1. The summed E-state index contributed by atoms with van der Waals surface area (Å²) in [4.78, 5) is 4.33. The van der Waals surface area contributed by atoms with Crippen molar-refractivity contribution >= 4 is 21.9 Å². The number of benzene rings is 2. The lowest BCUT2D eigenvalue weighted by atomic mass is 10.2. The average Bonchev–Trinajstić information content (AvgIpc) is 2.95. The van der Waals surface area contributed by atoms with Gasteiger partial charge >= 0.3 is 0 Å². The minimum absolute atomic E-state index is 0.360. The van der Waals surface area contributed by atoms with Gasteiger partial charge in [-0.2, -0.15) is 4.73 Å². The topological polar surface area (TPSA) is 66.8 Å². The zero-order chi connectivity index (χ0) is 14.4. The molecule has 0 aliphatic heterocycles. The van der Waals surface area contributed by atoms with Gasteiger partial charge in [0.05, 0.1) is 33.8 Å². The van der Waals surface area contributed by atoms with Crippen LogP contribution in [0.4, 0.5) is 0 Å². The summed E-state index contributed by atoms with van der Waals surface area (Å²) in [6.45, 7) is 0. The van der Waals surface area contributed by atoms with Crippen LogP contribution in [0.15, 0.2) is 61.1 Å². The van der Waals surface area contributed by atoms with E-state index in [1.165, 1.54) is 0 Å². The van der Waals surface area contributed by atoms with E-state index in [0.29, 0.717) is 21.9 Å². The normalized spacial score (nSPS) is 11.2. The number of aromatic nitrogens is 3. The van der Waals surface area contributed by atoms with Gasteiger partial charge in [-0.25, -0.2) is 4.98 Å². The largest absolute Gasteiger partial charge is 0.428 e. The third kappa shape index (κ3) is 1.64. The summed E-state index contributed by atoms with van der Waals surface area (Å²) in [5.74, 6) is 0. The second-order valence-corrected chi connectivity index (χ2v) is 4.85. The first-order valence-electron chi connectivity index (χ1n) is 6.56. The van der Waals surface area contributed by atoms with Gasteiger partial charge in [0.15, 0.2) is 0 Å². The van der Waals surface area contributed by atoms with Crippen molar-refractivity contribution in [3.8, 4) is 5.69 Å². The van der Waals surface area contributed by atoms with Crippen LogP contribution in [-0.2, 0) is 0 Å². The van der Waals surface area contributed by atoms with Crippen LogP contribution in [0.3, 0.4) is 0 Å². The molecule has 0 radical (unpaired) electrons. The number of nitrogens with zero attached hydrogens (tertiary/aromatic N) is 3. The highest BCUT2D eigenvalue weighted by atomic mass is 16.5. The Morgan fingerprint density at radius 1 is 0.952 bits per heavy atom. The van der Waals surface area contributed by atoms with Crippen molar-refractivity contribution in [1.29, 1.82) is 5.41 Å². The fourth-order valence-electron chi connectivity index (χ4n) is 2.61. The van der Waals surface area contributed by atoms with E-state index in [2.05, 4.69) is 4.98 Å². The van der Waals surface area contributed by atoms with Crippen LogP contribution in [0.2, 0.25) is 0 Å². The molecule has 0 bridgehead atoms. The first-order chi connectivity index (χ1) is 10.3. The fraction of sp³-hybridized carbons (Fsp3) is 0. The van der Waals surface area contributed by atoms with E-state index < -0.39 is 0 Å². The highest BCUT2D eigenvalue weighted by molar-refractivity contribution is 5.82. The number of nitrogens with one attached hydrogen (secondary N) is 1. The number of para-hydroxylation sites is 3. The number of rotatable bonds is 1. The molecular weight excluding hydrogens is 264 g/mol. The van der Waals surface area contributed by atoms with Gasteiger partial charge in [-0.3, -0.25) is 9.98 Å². The van der Waals surface area contributed by atoms with Crippen LogP contribution >= 0.6 is 0 Å². The fourth-order valence-corrected chi connectivity index (χ4v) is 2.61. The summed E-state index contributed by atoms with van der Waals surface area (Å²) in [7, 11) is 0. The molecule has 0 atom stereocenters. The van der Waals surface area contributed by atoms with E-state index in [0.717, 1.165) is 15.8 Å². The van der Waals surface area contributed by atoms with Crippen LogP contribution in [0.5, 0.6) is 0 Å². The molecule has 2 N–H and O–H groups in total. The summed E-state index contributed by atoms with van der Waals surface area (Å²) < 4.78 is 2.87. The Balaban J connectivity index is 2.12. The van der Waals surface area contributed by atoms with Gasteiger partial charge in [-0.05, 0) is 18.2 Å². The van der Waals surface area contributed by atoms with Gasteiger partial charge in [0.25, 0.3) is 0 Å². The molecule has 0 unspecified atom stereocenters. The van der Waals surface area contributed by atoms with Crippen molar-refractivity contribution in [3.63, 3.8) is 0 Å². The second-order valence-electron chi connectivity index (χ2n) is 4.85. The molecule has 0 spiro atoms. The van der Waals surface area contributed by atoms with Crippen molar-refractivity contribution in [2.75, 3.05) is 0 Å². The molecule has 0 aliphatic carbocycles. The molecule has 5 nitrogen and oxygen atoms in total. The Hall–Kier alpha value is -3.08. The van der Waals surface area contributed by atoms with E-state index in [9.17, 15) is 5.21 Å². The molecule has 2 aromatic heterocycles. The minimum Gasteiger partial charge on any atom is -0.428 e. The molecule has 2 heterocycles. The molecule has 5 heteroatoms. The number of fused-ring (bicyclic) bond motifs is 2. The van der Waals surface area contributed by atoms with E-state index in [4.69, 9.17) is 5.41 Å². The molecule has 0 fully saturated rings. The highest BCUT2D eigenvalue weighted by Crippen LogP contribution is 2.18. The van der Waals surface area contributed by atoms with Gasteiger partial charge < -0.3 is 5.21 Å². The Kier molecular flexibility index (Phi) is 2.35. The average molecular weight is 276 g/mol. The predicted molar refractivity (Wildman–Crippen MR) is 79.6 cm³/mol. The molecule has 0 saturated carbocycles. The monoisotopic (exact) mass is 276 g/mol. The standard InChI is InChI=1S/C16H12N4O/c17-16-11-5-1-3-7-13(11)20(21)9-15(16)19-10-18-12-6-2-4-8-14(12)19/h1-10,17,21H. The Labute approximate surface area is 119 Å². The second kappa shape index (κ2) is 4.21. The lowest BCUT2D eigenvalue weighted by Gasteiger charge is -2.10.